The van der Waals surface area contributed by atoms with E-state index in [1.807, 2.05) is 0 Å². The molecule has 0 amide bonds. The molecule has 0 unspecified atom stereocenters. The Morgan fingerprint density at radius 1 is 1.00 bits per heavy atom. The third-order valence-electron chi connectivity index (χ3n) is 3.61. The van der Waals surface area contributed by atoms with Crippen LogP contribution in [0.25, 0.3) is 22.4 Å². The molecule has 3 aromatic rings. The summed E-state index contributed by atoms with van der Waals surface area (Å²) in [5.74, 6) is -1.14. The van der Waals surface area contributed by atoms with Gasteiger partial charge >= 0.3 is 6.01 Å². The largest absolute Gasteiger partial charge is 0.342 e. The third kappa shape index (κ3) is 2.10. The minimum atomic E-state index is -3.47. The summed E-state index contributed by atoms with van der Waals surface area (Å²) in [6.07, 6.45) is 0. The van der Waals surface area contributed by atoms with Crippen LogP contribution < -0.4 is 4.72 Å². The molecule has 8 heteroatoms. The summed E-state index contributed by atoms with van der Waals surface area (Å²) in [4.78, 5) is 0.216. The minimum absolute atomic E-state index is 0.213. The van der Waals surface area contributed by atoms with Gasteiger partial charge in [-0.05, 0) is 17.7 Å². The first-order valence-electron chi connectivity index (χ1n) is 6.54. The molecule has 0 fully saturated rings. The molecule has 1 aliphatic heterocycles. The van der Waals surface area contributed by atoms with Crippen molar-refractivity contribution in [3.8, 4) is 22.4 Å². The number of rotatable bonds is 2. The molecule has 2 bridgehead atoms. The molecule has 1 aromatic heterocycles. The van der Waals surface area contributed by atoms with Gasteiger partial charge in [0, 0.05) is 11.1 Å². The highest BCUT2D eigenvalue weighted by Crippen LogP contribution is 2.37. The minimum Gasteiger partial charge on any atom is -0.322 e. The molecule has 0 aliphatic carbocycles. The van der Waals surface area contributed by atoms with E-state index in [-0.39, 0.29) is 10.6 Å². The van der Waals surface area contributed by atoms with E-state index < -0.39 is 21.9 Å². The van der Waals surface area contributed by atoms with Gasteiger partial charge in [-0.1, -0.05) is 35.5 Å². The molecule has 4 rings (SSSR count). The molecule has 1 N–H and O–H groups in total. The zero-order chi connectivity index (χ0) is 16.2. The zero-order valence-corrected chi connectivity index (χ0v) is 12.2. The molecule has 0 radical (unpaired) electrons. The fraction of sp³-hybridized carbons (Fsp3) is 0. The van der Waals surface area contributed by atoms with Crippen molar-refractivity contribution in [1.82, 2.24) is 5.16 Å². The predicted octanol–water partition coefficient (Wildman–Crippen LogP) is 3.40. The molecule has 2 heterocycles. The second kappa shape index (κ2) is 4.63. The van der Waals surface area contributed by atoms with Crippen LogP contribution in [0.2, 0.25) is 0 Å². The number of benzene rings is 2. The highest BCUT2D eigenvalue weighted by molar-refractivity contribution is 7.93. The average molecular weight is 334 g/mol. The van der Waals surface area contributed by atoms with Gasteiger partial charge in [-0.3, -0.25) is 4.72 Å². The predicted molar refractivity (Wildman–Crippen MR) is 78.1 cm³/mol. The van der Waals surface area contributed by atoms with Crippen LogP contribution in [0.1, 0.15) is 0 Å². The average Bonchev–Trinajstić information content (AvgIpc) is 2.98. The molecule has 2 aromatic carbocycles. The van der Waals surface area contributed by atoms with Gasteiger partial charge in [0.05, 0.1) is 10.6 Å². The first-order valence-corrected chi connectivity index (χ1v) is 8.02. The molecular weight excluding hydrogens is 326 g/mol. The molecule has 23 heavy (non-hydrogen) atoms. The summed E-state index contributed by atoms with van der Waals surface area (Å²) in [6.45, 7) is 0. The van der Waals surface area contributed by atoms with Crippen LogP contribution in [0.4, 0.5) is 14.5 Å². The maximum Gasteiger partial charge on any atom is 0.342 e. The fourth-order valence-corrected chi connectivity index (χ4v) is 3.57. The first kappa shape index (κ1) is 13.9. The van der Waals surface area contributed by atoms with E-state index in [4.69, 9.17) is 0 Å². The van der Waals surface area contributed by atoms with Gasteiger partial charge in [-0.2, -0.15) is 8.78 Å². The van der Waals surface area contributed by atoms with E-state index in [0.717, 1.165) is 5.56 Å². The summed E-state index contributed by atoms with van der Waals surface area (Å²) in [7, 11) is -3.47. The summed E-state index contributed by atoms with van der Waals surface area (Å²) >= 11 is 0. The fourth-order valence-electron chi connectivity index (χ4n) is 2.48. The van der Waals surface area contributed by atoms with Gasteiger partial charge in [0.1, 0.15) is 0 Å². The van der Waals surface area contributed by atoms with Crippen LogP contribution >= 0.6 is 0 Å². The van der Waals surface area contributed by atoms with Crippen molar-refractivity contribution in [2.45, 2.75) is 4.90 Å². The van der Waals surface area contributed by atoms with Crippen LogP contribution in [0.3, 0.4) is 0 Å². The third-order valence-corrected chi connectivity index (χ3v) is 4.98. The SMILES string of the molecule is O=S1(=O)Nc2cc1ccc2-c1ccc(-c2noc(F)c2F)cc1. The summed E-state index contributed by atoms with van der Waals surface area (Å²) in [5.41, 5.74) is 2.04. The molecule has 0 saturated heterocycles. The maximum absolute atomic E-state index is 13.5. The van der Waals surface area contributed by atoms with Gasteiger partial charge in [0.15, 0.2) is 5.69 Å². The number of hydrogen-bond acceptors (Lipinski definition) is 4. The van der Waals surface area contributed by atoms with E-state index in [0.29, 0.717) is 16.8 Å². The Bertz CT molecular complexity index is 1030. The van der Waals surface area contributed by atoms with E-state index >= 15 is 0 Å². The lowest BCUT2D eigenvalue weighted by Gasteiger charge is -2.05. The monoisotopic (exact) mass is 334 g/mol. The smallest absolute Gasteiger partial charge is 0.322 e. The van der Waals surface area contributed by atoms with E-state index in [1.54, 1.807) is 36.4 Å². The van der Waals surface area contributed by atoms with E-state index in [1.165, 1.54) is 6.07 Å². The lowest BCUT2D eigenvalue weighted by Crippen LogP contribution is -2.05. The molecule has 0 spiro atoms. The number of nitrogens with zero attached hydrogens (tertiary/aromatic N) is 1. The Morgan fingerprint density at radius 2 is 1.70 bits per heavy atom. The molecule has 0 atom stereocenters. The van der Waals surface area contributed by atoms with Crippen LogP contribution in [-0.4, -0.2) is 13.6 Å². The number of aromatic nitrogens is 1. The molecular formula is C15H8F2N2O3S. The summed E-state index contributed by atoms with van der Waals surface area (Å²) in [6, 6.07) is 9.83. The van der Waals surface area contributed by atoms with Gasteiger partial charge < -0.3 is 4.52 Å². The van der Waals surface area contributed by atoms with Gasteiger partial charge in [0.25, 0.3) is 10.0 Å². The second-order valence-corrected chi connectivity index (χ2v) is 6.69. The quantitative estimate of drug-likeness (QED) is 0.779. The number of nitrogens with one attached hydrogen (secondary N) is 1. The van der Waals surface area contributed by atoms with E-state index in [9.17, 15) is 17.2 Å². The Morgan fingerprint density at radius 3 is 2.35 bits per heavy atom. The van der Waals surface area contributed by atoms with Crippen LogP contribution in [0.5, 0.6) is 0 Å². The Kier molecular flexibility index (Phi) is 2.79. The normalized spacial score (nSPS) is 14.7. The lowest BCUT2D eigenvalue weighted by atomic mass is 10.0. The molecule has 116 valence electrons. The number of halogens is 2. The summed E-state index contributed by atoms with van der Waals surface area (Å²) in [5, 5.41) is 3.33. The molecule has 0 saturated carbocycles. The molecule has 1 aliphatic rings. The van der Waals surface area contributed by atoms with Crippen molar-refractivity contribution in [3.05, 3.63) is 54.3 Å². The Balaban J connectivity index is 1.73. The Hall–Kier alpha value is -2.74. The number of fused-ring (bicyclic) bond motifs is 2. The van der Waals surface area contributed by atoms with Crippen LogP contribution in [-0.2, 0) is 10.0 Å². The first-order chi connectivity index (χ1) is 11.0. The summed E-state index contributed by atoms with van der Waals surface area (Å²) < 4.78 is 56.4. The topological polar surface area (TPSA) is 72.2 Å². The number of sulfonamides is 1. The highest BCUT2D eigenvalue weighted by Gasteiger charge is 2.25. The van der Waals surface area contributed by atoms with Crippen molar-refractivity contribution in [1.29, 1.82) is 0 Å². The highest BCUT2D eigenvalue weighted by atomic mass is 32.2. The Labute approximate surface area is 129 Å². The van der Waals surface area contributed by atoms with Crippen molar-refractivity contribution in [2.75, 3.05) is 4.72 Å². The van der Waals surface area contributed by atoms with Gasteiger partial charge in [-0.15, -0.1) is 0 Å². The standard InChI is InChI=1S/C15H8F2N2O3S/c16-13-14(18-22-15(13)17)9-3-1-8(2-4-9)11-6-5-10-7-12(11)19-23(10,20)21/h1-7,19H. The number of hydrogen-bond donors (Lipinski definition) is 1. The van der Waals surface area contributed by atoms with Crippen molar-refractivity contribution >= 4 is 15.7 Å². The molecule has 5 nitrogen and oxygen atoms in total. The van der Waals surface area contributed by atoms with E-state index in [2.05, 4.69) is 14.4 Å². The second-order valence-electron chi connectivity index (χ2n) is 5.01. The van der Waals surface area contributed by atoms with Crippen molar-refractivity contribution in [2.24, 2.45) is 0 Å². The van der Waals surface area contributed by atoms with Gasteiger partial charge in [-0.25, -0.2) is 8.42 Å². The van der Waals surface area contributed by atoms with Crippen molar-refractivity contribution in [3.63, 3.8) is 0 Å². The van der Waals surface area contributed by atoms with Crippen LogP contribution in [0, 0.1) is 11.8 Å². The lowest BCUT2D eigenvalue weighted by molar-refractivity contribution is 0.266. The zero-order valence-electron chi connectivity index (χ0n) is 11.4. The van der Waals surface area contributed by atoms with Gasteiger partial charge in [0.2, 0.25) is 5.82 Å². The maximum atomic E-state index is 13.5. The van der Waals surface area contributed by atoms with Crippen molar-refractivity contribution < 1.29 is 21.7 Å². The number of anilines is 1. The van der Waals surface area contributed by atoms with Crippen LogP contribution in [0.15, 0.2) is 51.9 Å².